The van der Waals surface area contributed by atoms with Crippen molar-refractivity contribution in [2.24, 2.45) is 7.05 Å². The van der Waals surface area contributed by atoms with Crippen molar-refractivity contribution in [3.05, 3.63) is 22.7 Å². The second-order valence-corrected chi connectivity index (χ2v) is 3.76. The van der Waals surface area contributed by atoms with Gasteiger partial charge in [0.25, 0.3) is 5.56 Å². The Hall–Kier alpha value is -1.36. The molecule has 5 heteroatoms. The summed E-state index contributed by atoms with van der Waals surface area (Å²) in [5.41, 5.74) is -0.0220. The molecule has 1 N–H and O–H groups in total. The zero-order valence-corrected chi connectivity index (χ0v) is 9.10. The fraction of sp³-hybridized carbons (Fsp3) is 0.600. The number of nitrogens with zero attached hydrogens (tertiary/aromatic N) is 3. The van der Waals surface area contributed by atoms with Gasteiger partial charge in [-0.15, -0.1) is 0 Å². The van der Waals surface area contributed by atoms with Gasteiger partial charge >= 0.3 is 0 Å². The maximum Gasteiger partial charge on any atom is 0.293 e. The molecule has 15 heavy (non-hydrogen) atoms. The molecule has 0 saturated carbocycles. The van der Waals surface area contributed by atoms with Gasteiger partial charge in [0.05, 0.1) is 6.04 Å². The lowest BCUT2D eigenvalue weighted by molar-refractivity contribution is 0.414. The molecule has 0 radical (unpaired) electrons. The highest BCUT2D eigenvalue weighted by Crippen LogP contribution is 2.11. The van der Waals surface area contributed by atoms with E-state index in [4.69, 9.17) is 0 Å². The number of anilines is 1. The van der Waals surface area contributed by atoms with Gasteiger partial charge in [-0.05, 0) is 6.92 Å². The van der Waals surface area contributed by atoms with E-state index < -0.39 is 0 Å². The monoisotopic (exact) mass is 208 g/mol. The van der Waals surface area contributed by atoms with Crippen molar-refractivity contribution in [3.63, 3.8) is 0 Å². The third-order valence-electron chi connectivity index (χ3n) is 2.81. The maximum atomic E-state index is 11.9. The first-order chi connectivity index (χ1) is 7.24. The van der Waals surface area contributed by atoms with E-state index in [0.717, 1.165) is 19.6 Å². The number of likely N-dealkylation sites (N-methyl/N-ethyl adjacent to an activating group) is 1. The van der Waals surface area contributed by atoms with E-state index in [0.29, 0.717) is 11.9 Å². The van der Waals surface area contributed by atoms with E-state index in [9.17, 15) is 4.79 Å². The summed E-state index contributed by atoms with van der Waals surface area (Å²) in [4.78, 5) is 18.1. The number of aromatic nitrogens is 2. The predicted octanol–water partition coefficient (Wildman–Crippen LogP) is -0.422. The average Bonchev–Trinajstić information content (AvgIpc) is 2.16. The first kappa shape index (κ1) is 10.2. The SMILES string of the molecule is CCN(c1nccn(C)c1=O)C1CNC1. The highest BCUT2D eigenvalue weighted by Gasteiger charge is 2.26. The van der Waals surface area contributed by atoms with Crippen molar-refractivity contribution in [1.29, 1.82) is 0 Å². The summed E-state index contributed by atoms with van der Waals surface area (Å²) in [5, 5.41) is 3.20. The Balaban J connectivity index is 2.33. The highest BCUT2D eigenvalue weighted by atomic mass is 16.1. The van der Waals surface area contributed by atoms with Crippen LogP contribution in [0.5, 0.6) is 0 Å². The van der Waals surface area contributed by atoms with Crippen LogP contribution in [0.2, 0.25) is 0 Å². The Kier molecular flexibility index (Phi) is 2.73. The van der Waals surface area contributed by atoms with E-state index in [-0.39, 0.29) is 5.56 Å². The quantitative estimate of drug-likeness (QED) is 0.733. The number of nitrogens with one attached hydrogen (secondary N) is 1. The molecule has 0 aliphatic carbocycles. The van der Waals surface area contributed by atoms with Crippen LogP contribution in [0.25, 0.3) is 0 Å². The topological polar surface area (TPSA) is 50.2 Å². The van der Waals surface area contributed by atoms with Gasteiger partial charge in [-0.1, -0.05) is 0 Å². The van der Waals surface area contributed by atoms with Crippen LogP contribution in [-0.4, -0.2) is 35.2 Å². The molecule has 1 aliphatic rings. The van der Waals surface area contributed by atoms with Gasteiger partial charge in [0.2, 0.25) is 0 Å². The molecule has 1 fully saturated rings. The van der Waals surface area contributed by atoms with Crippen LogP contribution in [-0.2, 0) is 7.05 Å². The zero-order chi connectivity index (χ0) is 10.8. The standard InChI is InChI=1S/C10H16N4O/c1-3-14(8-6-11-7-8)9-10(15)13(2)5-4-12-9/h4-5,8,11H,3,6-7H2,1-2H3. The molecule has 0 aromatic carbocycles. The number of hydrogen-bond donors (Lipinski definition) is 1. The fourth-order valence-corrected chi connectivity index (χ4v) is 1.76. The Morgan fingerprint density at radius 2 is 2.40 bits per heavy atom. The van der Waals surface area contributed by atoms with Crippen molar-refractivity contribution in [2.45, 2.75) is 13.0 Å². The summed E-state index contributed by atoms with van der Waals surface area (Å²) in [6.07, 6.45) is 3.35. The van der Waals surface area contributed by atoms with Gasteiger partial charge in [0, 0.05) is 39.1 Å². The Morgan fingerprint density at radius 3 is 2.93 bits per heavy atom. The van der Waals surface area contributed by atoms with Crippen molar-refractivity contribution in [3.8, 4) is 0 Å². The lowest BCUT2D eigenvalue weighted by Crippen LogP contribution is -2.58. The van der Waals surface area contributed by atoms with Gasteiger partial charge in [0.15, 0.2) is 5.82 Å². The highest BCUT2D eigenvalue weighted by molar-refractivity contribution is 5.38. The molecular formula is C10H16N4O. The molecule has 0 spiro atoms. The van der Waals surface area contributed by atoms with Gasteiger partial charge in [-0.25, -0.2) is 4.98 Å². The minimum absolute atomic E-state index is 0.0220. The van der Waals surface area contributed by atoms with Crippen LogP contribution in [0, 0.1) is 0 Å². The van der Waals surface area contributed by atoms with Gasteiger partial charge in [0.1, 0.15) is 0 Å². The van der Waals surface area contributed by atoms with Crippen LogP contribution < -0.4 is 15.8 Å². The number of hydrogen-bond acceptors (Lipinski definition) is 4. The van der Waals surface area contributed by atoms with Gasteiger partial charge < -0.3 is 14.8 Å². The summed E-state index contributed by atoms with van der Waals surface area (Å²) >= 11 is 0. The summed E-state index contributed by atoms with van der Waals surface area (Å²) in [6.45, 7) is 4.74. The fourth-order valence-electron chi connectivity index (χ4n) is 1.76. The molecule has 5 nitrogen and oxygen atoms in total. The first-order valence-electron chi connectivity index (χ1n) is 5.23. The first-order valence-corrected chi connectivity index (χ1v) is 5.23. The summed E-state index contributed by atoms with van der Waals surface area (Å²) < 4.78 is 1.57. The van der Waals surface area contributed by atoms with E-state index >= 15 is 0 Å². The van der Waals surface area contributed by atoms with Gasteiger partial charge in [-0.3, -0.25) is 4.79 Å². The van der Waals surface area contributed by atoms with Gasteiger partial charge in [-0.2, -0.15) is 0 Å². The van der Waals surface area contributed by atoms with E-state index in [1.165, 1.54) is 0 Å². The van der Waals surface area contributed by atoms with Crippen LogP contribution >= 0.6 is 0 Å². The van der Waals surface area contributed by atoms with Crippen molar-refractivity contribution in [2.75, 3.05) is 24.5 Å². The molecular weight excluding hydrogens is 192 g/mol. The third kappa shape index (κ3) is 1.74. The van der Waals surface area contributed by atoms with Crippen LogP contribution in [0.15, 0.2) is 17.2 Å². The van der Waals surface area contributed by atoms with Crippen molar-refractivity contribution >= 4 is 5.82 Å². The van der Waals surface area contributed by atoms with Crippen LogP contribution in [0.4, 0.5) is 5.82 Å². The third-order valence-corrected chi connectivity index (χ3v) is 2.81. The molecule has 1 aliphatic heterocycles. The van der Waals surface area contributed by atoms with E-state index in [1.807, 2.05) is 6.92 Å². The van der Waals surface area contributed by atoms with Crippen molar-refractivity contribution in [1.82, 2.24) is 14.9 Å². The smallest absolute Gasteiger partial charge is 0.293 e. The normalized spacial score (nSPS) is 16.1. The Morgan fingerprint density at radius 1 is 1.67 bits per heavy atom. The molecule has 2 rings (SSSR count). The summed E-state index contributed by atoms with van der Waals surface area (Å²) in [6, 6.07) is 0.414. The molecule has 1 aromatic rings. The van der Waals surface area contributed by atoms with E-state index in [2.05, 4.69) is 15.2 Å². The predicted molar refractivity (Wildman–Crippen MR) is 59.2 cm³/mol. The molecule has 0 atom stereocenters. The Labute approximate surface area is 88.7 Å². The lowest BCUT2D eigenvalue weighted by Gasteiger charge is -2.37. The largest absolute Gasteiger partial charge is 0.347 e. The summed E-state index contributed by atoms with van der Waals surface area (Å²) in [7, 11) is 1.75. The Bertz CT molecular complexity index is 397. The minimum Gasteiger partial charge on any atom is -0.347 e. The molecule has 0 amide bonds. The average molecular weight is 208 g/mol. The number of rotatable bonds is 3. The molecule has 1 saturated heterocycles. The molecule has 2 heterocycles. The second-order valence-electron chi connectivity index (χ2n) is 3.76. The van der Waals surface area contributed by atoms with Crippen LogP contribution in [0.3, 0.4) is 0 Å². The lowest BCUT2D eigenvalue weighted by atomic mass is 10.1. The molecule has 0 unspecified atom stereocenters. The molecule has 0 bridgehead atoms. The number of aryl methyl sites for hydroxylation is 1. The van der Waals surface area contributed by atoms with Crippen LogP contribution in [0.1, 0.15) is 6.92 Å². The second kappa shape index (κ2) is 4.02. The summed E-state index contributed by atoms with van der Waals surface area (Å²) in [5.74, 6) is 0.564. The molecule has 82 valence electrons. The van der Waals surface area contributed by atoms with E-state index in [1.54, 1.807) is 24.0 Å². The maximum absolute atomic E-state index is 11.9. The minimum atomic E-state index is -0.0220. The zero-order valence-electron chi connectivity index (χ0n) is 9.10. The molecule has 1 aromatic heterocycles. The van der Waals surface area contributed by atoms with Crippen molar-refractivity contribution < 1.29 is 0 Å².